The average Bonchev–Trinajstić information content (AvgIpc) is 3.37. The van der Waals surface area contributed by atoms with Gasteiger partial charge >= 0.3 is 6.09 Å². The van der Waals surface area contributed by atoms with E-state index in [4.69, 9.17) is 9.40 Å². The monoisotopic (exact) mass is 528 g/mol. The lowest BCUT2D eigenvalue weighted by Gasteiger charge is -2.34. The van der Waals surface area contributed by atoms with Crippen LogP contribution in [-0.4, -0.2) is 44.3 Å². The van der Waals surface area contributed by atoms with Crippen LogP contribution in [0.5, 0.6) is 0 Å². The van der Waals surface area contributed by atoms with Gasteiger partial charge < -0.3 is 19.7 Å². The molecular formula is C27H33FN4O4S. The SMILES string of the molecule is Cc1csc(Cn2c([C@H](NCCN(C(=O)O)C(C)(C)C)C(C)C)nc3c(oc4ccc(F)cc43)c2=O)c1. The number of benzene rings is 1. The minimum atomic E-state index is -0.994. The standard InChI is InChI=1S/C27H33FN4O4S/c1-15(2)21(29-9-10-32(26(34)35)27(4,5)6)24-30-22-19-12-17(28)7-8-20(19)36-23(22)25(33)31(24)13-18-11-16(3)14-37-18/h7-8,11-12,14-15,21,29H,9-10,13H2,1-6H3,(H,34,35)/t21-/m1/s1. The molecular weight excluding hydrogens is 495 g/mol. The Kier molecular flexibility index (Phi) is 7.43. The van der Waals surface area contributed by atoms with Crippen LogP contribution in [0.25, 0.3) is 22.1 Å². The zero-order valence-corrected chi connectivity index (χ0v) is 22.8. The third-order valence-electron chi connectivity index (χ3n) is 6.35. The highest BCUT2D eigenvalue weighted by atomic mass is 32.1. The summed E-state index contributed by atoms with van der Waals surface area (Å²) in [5, 5.41) is 15.6. The van der Waals surface area contributed by atoms with E-state index in [1.165, 1.54) is 23.1 Å². The first-order valence-electron chi connectivity index (χ1n) is 12.3. The molecule has 0 bridgehead atoms. The number of hydrogen-bond donors (Lipinski definition) is 2. The molecule has 0 radical (unpaired) electrons. The minimum Gasteiger partial charge on any atom is -0.465 e. The lowest BCUT2D eigenvalue weighted by molar-refractivity contribution is 0.0997. The number of carboxylic acid groups (broad SMARTS) is 1. The van der Waals surface area contributed by atoms with Gasteiger partial charge in [0.15, 0.2) is 0 Å². The number of aromatic nitrogens is 2. The quantitative estimate of drug-likeness (QED) is 0.301. The van der Waals surface area contributed by atoms with Crippen LogP contribution < -0.4 is 10.9 Å². The molecule has 0 saturated carbocycles. The molecule has 0 saturated heterocycles. The van der Waals surface area contributed by atoms with E-state index in [1.807, 2.05) is 53.0 Å². The Bertz CT molecular complexity index is 1500. The topological polar surface area (TPSA) is 101 Å². The number of amides is 1. The normalized spacial score (nSPS) is 13.1. The second-order valence-electron chi connectivity index (χ2n) is 10.7. The second-order valence-corrected chi connectivity index (χ2v) is 11.6. The summed E-state index contributed by atoms with van der Waals surface area (Å²) in [7, 11) is 0. The first kappa shape index (κ1) is 26.8. The third-order valence-corrected chi connectivity index (χ3v) is 7.39. The number of furan rings is 1. The Hall–Kier alpha value is -3.24. The van der Waals surface area contributed by atoms with Crippen molar-refractivity contribution < 1.29 is 18.7 Å². The number of hydrogen-bond acceptors (Lipinski definition) is 6. The van der Waals surface area contributed by atoms with E-state index >= 15 is 0 Å². The number of thiophene rings is 1. The van der Waals surface area contributed by atoms with Gasteiger partial charge in [-0.3, -0.25) is 9.36 Å². The fraction of sp³-hybridized carbons (Fsp3) is 0.444. The molecule has 0 aliphatic heterocycles. The summed E-state index contributed by atoms with van der Waals surface area (Å²) in [6.45, 7) is 12.5. The summed E-state index contributed by atoms with van der Waals surface area (Å²) < 4.78 is 21.5. The average molecular weight is 529 g/mol. The van der Waals surface area contributed by atoms with Crippen LogP contribution >= 0.6 is 11.3 Å². The number of nitrogens with one attached hydrogen (secondary N) is 1. The van der Waals surface area contributed by atoms with Crippen molar-refractivity contribution in [3.05, 3.63) is 62.1 Å². The highest BCUT2D eigenvalue weighted by molar-refractivity contribution is 7.10. The Morgan fingerprint density at radius 2 is 2.03 bits per heavy atom. The molecule has 4 rings (SSSR count). The van der Waals surface area contributed by atoms with Gasteiger partial charge in [-0.25, -0.2) is 14.2 Å². The first-order chi connectivity index (χ1) is 17.4. The highest BCUT2D eigenvalue weighted by Gasteiger charge is 2.28. The fourth-order valence-corrected chi connectivity index (χ4v) is 5.37. The van der Waals surface area contributed by atoms with Crippen molar-refractivity contribution in [1.82, 2.24) is 19.8 Å². The van der Waals surface area contributed by atoms with E-state index < -0.39 is 17.4 Å². The summed E-state index contributed by atoms with van der Waals surface area (Å²) in [6, 6.07) is 5.79. The maximum atomic E-state index is 14.1. The van der Waals surface area contributed by atoms with Gasteiger partial charge in [0.25, 0.3) is 5.56 Å². The number of aryl methyl sites for hydroxylation is 1. The Morgan fingerprint density at radius 3 is 2.62 bits per heavy atom. The molecule has 3 heterocycles. The highest BCUT2D eigenvalue weighted by Crippen LogP contribution is 2.29. The van der Waals surface area contributed by atoms with Crippen LogP contribution in [0.3, 0.4) is 0 Å². The number of carbonyl (C=O) groups is 1. The molecule has 0 aliphatic rings. The summed E-state index contributed by atoms with van der Waals surface area (Å²) >= 11 is 1.56. The smallest absolute Gasteiger partial charge is 0.407 e. The molecule has 10 heteroatoms. The Balaban J connectivity index is 1.81. The van der Waals surface area contributed by atoms with Gasteiger partial charge in [-0.2, -0.15) is 0 Å². The maximum Gasteiger partial charge on any atom is 0.407 e. The molecule has 37 heavy (non-hydrogen) atoms. The zero-order chi connectivity index (χ0) is 27.1. The van der Waals surface area contributed by atoms with E-state index in [9.17, 15) is 19.1 Å². The van der Waals surface area contributed by atoms with Crippen molar-refractivity contribution in [1.29, 1.82) is 0 Å². The molecule has 4 aromatic rings. The molecule has 0 unspecified atom stereocenters. The predicted octanol–water partition coefficient (Wildman–Crippen LogP) is 5.77. The Morgan fingerprint density at radius 1 is 1.30 bits per heavy atom. The third kappa shape index (κ3) is 5.55. The van der Waals surface area contributed by atoms with E-state index in [0.29, 0.717) is 35.4 Å². The molecule has 8 nitrogen and oxygen atoms in total. The van der Waals surface area contributed by atoms with Crippen molar-refractivity contribution in [3.63, 3.8) is 0 Å². The summed E-state index contributed by atoms with van der Waals surface area (Å²) in [6.07, 6.45) is -0.994. The molecule has 0 fully saturated rings. The van der Waals surface area contributed by atoms with Gasteiger partial charge in [0.05, 0.1) is 12.6 Å². The van der Waals surface area contributed by atoms with Crippen LogP contribution in [-0.2, 0) is 6.54 Å². The van der Waals surface area contributed by atoms with E-state index in [0.717, 1.165) is 10.4 Å². The maximum absolute atomic E-state index is 14.1. The van der Waals surface area contributed by atoms with Gasteiger partial charge in [-0.1, -0.05) is 13.8 Å². The van der Waals surface area contributed by atoms with Crippen LogP contribution in [0, 0.1) is 18.7 Å². The lowest BCUT2D eigenvalue weighted by Crippen LogP contribution is -2.48. The summed E-state index contributed by atoms with van der Waals surface area (Å²) in [5.41, 5.74) is 1.02. The van der Waals surface area contributed by atoms with Gasteiger partial charge in [-0.05, 0) is 68.8 Å². The van der Waals surface area contributed by atoms with Crippen molar-refractivity contribution in [2.75, 3.05) is 13.1 Å². The number of rotatable bonds is 8. The molecule has 1 amide bonds. The second kappa shape index (κ2) is 10.3. The van der Waals surface area contributed by atoms with Crippen LogP contribution in [0.4, 0.5) is 9.18 Å². The number of fused-ring (bicyclic) bond motifs is 3. The molecule has 0 aliphatic carbocycles. The Labute approximate surface area is 218 Å². The van der Waals surface area contributed by atoms with Crippen molar-refractivity contribution >= 4 is 39.5 Å². The molecule has 0 spiro atoms. The van der Waals surface area contributed by atoms with Gasteiger partial charge in [0, 0.05) is 28.9 Å². The van der Waals surface area contributed by atoms with Crippen molar-refractivity contribution in [2.24, 2.45) is 5.92 Å². The summed E-state index contributed by atoms with van der Waals surface area (Å²) in [4.78, 5) is 32.8. The molecule has 1 aromatic carbocycles. The minimum absolute atomic E-state index is 0.0171. The molecule has 198 valence electrons. The van der Waals surface area contributed by atoms with Gasteiger partial charge in [-0.15, -0.1) is 11.3 Å². The van der Waals surface area contributed by atoms with E-state index in [-0.39, 0.29) is 29.6 Å². The predicted molar refractivity (Wildman–Crippen MR) is 144 cm³/mol. The van der Waals surface area contributed by atoms with Crippen LogP contribution in [0.2, 0.25) is 0 Å². The van der Waals surface area contributed by atoms with Crippen LogP contribution in [0.1, 0.15) is 56.9 Å². The van der Waals surface area contributed by atoms with E-state index in [2.05, 4.69) is 5.32 Å². The van der Waals surface area contributed by atoms with Crippen molar-refractivity contribution in [2.45, 2.75) is 59.7 Å². The number of nitrogens with zero attached hydrogens (tertiary/aromatic N) is 3. The van der Waals surface area contributed by atoms with Gasteiger partial charge in [0.2, 0.25) is 5.58 Å². The zero-order valence-electron chi connectivity index (χ0n) is 22.0. The lowest BCUT2D eigenvalue weighted by atomic mass is 10.0. The molecule has 3 aromatic heterocycles. The largest absolute Gasteiger partial charge is 0.465 e. The molecule has 2 N–H and O–H groups in total. The number of halogens is 1. The van der Waals surface area contributed by atoms with Crippen LogP contribution in [0.15, 0.2) is 38.9 Å². The molecule has 1 atom stereocenters. The van der Waals surface area contributed by atoms with E-state index in [1.54, 1.807) is 15.9 Å². The van der Waals surface area contributed by atoms with Crippen molar-refractivity contribution in [3.8, 4) is 0 Å². The first-order valence-corrected chi connectivity index (χ1v) is 13.1. The van der Waals surface area contributed by atoms with Gasteiger partial charge in [0.1, 0.15) is 22.7 Å². The summed E-state index contributed by atoms with van der Waals surface area (Å²) in [5.74, 6) is 0.0814. The fourth-order valence-electron chi connectivity index (χ4n) is 4.51.